The van der Waals surface area contributed by atoms with Crippen LogP contribution in [0.4, 0.5) is 8.78 Å². The summed E-state index contributed by atoms with van der Waals surface area (Å²) in [5.74, 6) is -1.10. The fourth-order valence-electron chi connectivity index (χ4n) is 1.66. The second-order valence-electron chi connectivity index (χ2n) is 3.85. The molecule has 17 heavy (non-hydrogen) atoms. The van der Waals surface area contributed by atoms with Crippen LogP contribution < -0.4 is 0 Å². The van der Waals surface area contributed by atoms with E-state index in [0.717, 1.165) is 23.8 Å². The smallest absolute Gasteiger partial charge is 0.129 e. The maximum atomic E-state index is 13.4. The van der Waals surface area contributed by atoms with Crippen molar-refractivity contribution in [2.75, 3.05) is 0 Å². The number of halogens is 2. The molecule has 1 heterocycles. The van der Waals surface area contributed by atoms with Crippen LogP contribution in [0.25, 0.3) is 0 Å². The summed E-state index contributed by atoms with van der Waals surface area (Å²) in [6, 6.07) is 5.09. The van der Waals surface area contributed by atoms with Gasteiger partial charge < -0.3 is 5.11 Å². The Kier molecular flexibility index (Phi) is 3.86. The molecule has 1 unspecified atom stereocenters. The summed E-state index contributed by atoms with van der Waals surface area (Å²) >= 11 is 1.58. The van der Waals surface area contributed by atoms with Gasteiger partial charge in [0.25, 0.3) is 0 Å². The van der Waals surface area contributed by atoms with Crippen LogP contribution in [-0.4, -0.2) is 5.11 Å². The normalized spacial score (nSPS) is 12.6. The summed E-state index contributed by atoms with van der Waals surface area (Å²) in [6.45, 7) is 0. The van der Waals surface area contributed by atoms with Crippen molar-refractivity contribution >= 4 is 11.3 Å². The molecule has 4 heteroatoms. The number of rotatable bonds is 4. The van der Waals surface area contributed by atoms with Crippen LogP contribution in [0.15, 0.2) is 35.0 Å². The maximum absolute atomic E-state index is 13.4. The molecule has 90 valence electrons. The van der Waals surface area contributed by atoms with E-state index in [-0.39, 0.29) is 5.56 Å². The molecule has 0 radical (unpaired) electrons. The second kappa shape index (κ2) is 5.38. The van der Waals surface area contributed by atoms with Crippen LogP contribution in [0.1, 0.15) is 23.7 Å². The molecule has 0 aliphatic carbocycles. The molecule has 1 atom stereocenters. The third-order valence-electron chi connectivity index (χ3n) is 2.60. The lowest BCUT2D eigenvalue weighted by Crippen LogP contribution is -2.02. The number of aliphatic hydroxyl groups is 1. The molecule has 2 rings (SSSR count). The molecule has 0 bridgehead atoms. The first-order chi connectivity index (χ1) is 8.16. The van der Waals surface area contributed by atoms with E-state index in [1.807, 2.05) is 16.8 Å². The highest BCUT2D eigenvalue weighted by molar-refractivity contribution is 7.07. The molecule has 0 saturated heterocycles. The molecule has 1 N–H and O–H groups in total. The molecule has 0 saturated carbocycles. The molecule has 0 fully saturated rings. The number of aryl methyl sites for hydroxylation is 1. The summed E-state index contributed by atoms with van der Waals surface area (Å²) < 4.78 is 26.3. The highest BCUT2D eigenvalue weighted by Crippen LogP contribution is 2.23. The number of benzene rings is 1. The van der Waals surface area contributed by atoms with Crippen molar-refractivity contribution in [3.8, 4) is 0 Å². The first-order valence-corrected chi connectivity index (χ1v) is 6.25. The van der Waals surface area contributed by atoms with E-state index < -0.39 is 17.7 Å². The van der Waals surface area contributed by atoms with E-state index in [9.17, 15) is 13.9 Å². The van der Waals surface area contributed by atoms with Crippen LogP contribution in [0.5, 0.6) is 0 Å². The van der Waals surface area contributed by atoms with Crippen LogP contribution in [-0.2, 0) is 6.42 Å². The Hall–Kier alpha value is -1.26. The fraction of sp³-hybridized carbons (Fsp3) is 0.231. The highest BCUT2D eigenvalue weighted by atomic mass is 32.1. The Bertz CT molecular complexity index is 482. The van der Waals surface area contributed by atoms with Gasteiger partial charge in [0.05, 0.1) is 6.10 Å². The summed E-state index contributed by atoms with van der Waals surface area (Å²) in [5.41, 5.74) is 1.13. The summed E-state index contributed by atoms with van der Waals surface area (Å²) in [6.07, 6.45) is 0.0724. The predicted molar refractivity (Wildman–Crippen MR) is 64.0 cm³/mol. The second-order valence-corrected chi connectivity index (χ2v) is 4.63. The monoisotopic (exact) mass is 254 g/mol. The van der Waals surface area contributed by atoms with Gasteiger partial charge in [-0.2, -0.15) is 11.3 Å². The highest BCUT2D eigenvalue weighted by Gasteiger charge is 2.13. The fourth-order valence-corrected chi connectivity index (χ4v) is 2.37. The van der Waals surface area contributed by atoms with Gasteiger partial charge in [0.15, 0.2) is 0 Å². The van der Waals surface area contributed by atoms with Gasteiger partial charge in [-0.1, -0.05) is 0 Å². The molecule has 0 aliphatic heterocycles. The van der Waals surface area contributed by atoms with E-state index in [0.29, 0.717) is 12.8 Å². The molecule has 0 spiro atoms. The lowest BCUT2D eigenvalue weighted by Gasteiger charge is -2.11. The lowest BCUT2D eigenvalue weighted by atomic mass is 10.0. The van der Waals surface area contributed by atoms with Crippen LogP contribution in [0.3, 0.4) is 0 Å². The first-order valence-electron chi connectivity index (χ1n) is 5.31. The number of hydrogen-bond donors (Lipinski definition) is 1. The van der Waals surface area contributed by atoms with Crippen LogP contribution >= 0.6 is 11.3 Å². The number of aliphatic hydroxyl groups excluding tert-OH is 1. The molecule has 1 nitrogen and oxygen atoms in total. The third-order valence-corrected chi connectivity index (χ3v) is 3.34. The quantitative estimate of drug-likeness (QED) is 0.882. The first kappa shape index (κ1) is 12.2. The molecule has 0 aliphatic rings. The van der Waals surface area contributed by atoms with Crippen LogP contribution in [0.2, 0.25) is 0 Å². The van der Waals surface area contributed by atoms with E-state index >= 15 is 0 Å². The Labute approximate surface area is 102 Å². The SMILES string of the molecule is OC(CCc1ccsc1)c1cc(F)ccc1F. The van der Waals surface area contributed by atoms with Gasteiger partial charge in [-0.15, -0.1) is 0 Å². The van der Waals surface area contributed by atoms with Crippen LogP contribution in [0, 0.1) is 11.6 Å². The van der Waals surface area contributed by atoms with Gasteiger partial charge in [0, 0.05) is 5.56 Å². The lowest BCUT2D eigenvalue weighted by molar-refractivity contribution is 0.162. The molecule has 2 aromatic rings. The van der Waals surface area contributed by atoms with Gasteiger partial charge in [-0.25, -0.2) is 8.78 Å². The zero-order chi connectivity index (χ0) is 12.3. The van der Waals surface area contributed by atoms with Crippen molar-refractivity contribution in [3.63, 3.8) is 0 Å². The molecule has 1 aromatic carbocycles. The molecule has 1 aromatic heterocycles. The summed E-state index contributed by atoms with van der Waals surface area (Å²) in [4.78, 5) is 0. The van der Waals surface area contributed by atoms with E-state index in [4.69, 9.17) is 0 Å². The third kappa shape index (κ3) is 3.11. The topological polar surface area (TPSA) is 20.2 Å². The maximum Gasteiger partial charge on any atom is 0.129 e. The van der Waals surface area contributed by atoms with Gasteiger partial charge in [0.1, 0.15) is 11.6 Å². The summed E-state index contributed by atoms with van der Waals surface area (Å²) in [7, 11) is 0. The Morgan fingerprint density at radius 2 is 2.06 bits per heavy atom. The zero-order valence-electron chi connectivity index (χ0n) is 9.07. The van der Waals surface area contributed by atoms with E-state index in [2.05, 4.69) is 0 Å². The Morgan fingerprint density at radius 1 is 1.24 bits per heavy atom. The standard InChI is InChI=1S/C13H12F2OS/c14-10-2-3-12(15)11(7-10)13(16)4-1-9-5-6-17-8-9/h2-3,5-8,13,16H,1,4H2. The van der Waals surface area contributed by atoms with Crippen molar-refractivity contribution in [2.45, 2.75) is 18.9 Å². The van der Waals surface area contributed by atoms with Crippen molar-refractivity contribution in [1.29, 1.82) is 0 Å². The predicted octanol–water partition coefficient (Wildman–Crippen LogP) is 3.69. The Balaban J connectivity index is 2.04. The van der Waals surface area contributed by atoms with E-state index in [1.54, 1.807) is 11.3 Å². The molecular formula is C13H12F2OS. The molecular weight excluding hydrogens is 242 g/mol. The number of hydrogen-bond acceptors (Lipinski definition) is 2. The van der Waals surface area contributed by atoms with Crippen molar-refractivity contribution in [1.82, 2.24) is 0 Å². The minimum absolute atomic E-state index is 0.0280. The summed E-state index contributed by atoms with van der Waals surface area (Å²) in [5, 5.41) is 13.8. The average Bonchev–Trinajstić information content (AvgIpc) is 2.82. The van der Waals surface area contributed by atoms with Gasteiger partial charge >= 0.3 is 0 Å². The van der Waals surface area contributed by atoms with Crippen molar-refractivity contribution in [3.05, 3.63) is 57.8 Å². The Morgan fingerprint density at radius 3 is 2.76 bits per heavy atom. The minimum atomic E-state index is -0.967. The van der Waals surface area contributed by atoms with E-state index in [1.165, 1.54) is 0 Å². The average molecular weight is 254 g/mol. The zero-order valence-corrected chi connectivity index (χ0v) is 9.88. The van der Waals surface area contributed by atoms with Crippen molar-refractivity contribution < 1.29 is 13.9 Å². The van der Waals surface area contributed by atoms with Gasteiger partial charge in [-0.3, -0.25) is 0 Å². The minimum Gasteiger partial charge on any atom is -0.388 e. The van der Waals surface area contributed by atoms with Crippen molar-refractivity contribution in [2.24, 2.45) is 0 Å². The van der Waals surface area contributed by atoms with Gasteiger partial charge in [0.2, 0.25) is 0 Å². The molecule has 0 amide bonds. The number of thiophene rings is 1. The van der Waals surface area contributed by atoms with Gasteiger partial charge in [-0.05, 0) is 53.4 Å². The largest absolute Gasteiger partial charge is 0.388 e.